The smallest absolute Gasteiger partial charge is 0.190 e. The summed E-state index contributed by atoms with van der Waals surface area (Å²) in [6, 6.07) is 2.66. The minimum atomic E-state index is -0.766. The molecule has 2 rings (SSSR count). The number of hydrogen-bond donors (Lipinski definition) is 0. The maximum atomic E-state index is 13.8. The third-order valence-corrected chi connectivity index (χ3v) is 3.60. The molecule has 4 heteroatoms. The van der Waals surface area contributed by atoms with Gasteiger partial charge in [-0.3, -0.25) is 0 Å². The van der Waals surface area contributed by atoms with E-state index >= 15 is 0 Å². The van der Waals surface area contributed by atoms with Crippen molar-refractivity contribution in [2.24, 2.45) is 0 Å². The molecule has 106 valence electrons. The minimum absolute atomic E-state index is 0.0521. The summed E-state index contributed by atoms with van der Waals surface area (Å²) in [6.07, 6.45) is 2.17. The number of rotatable bonds is 4. The molecule has 0 spiro atoms. The van der Waals surface area contributed by atoms with Crippen molar-refractivity contribution >= 4 is 0 Å². The molecule has 1 saturated carbocycles. The molecule has 0 aliphatic heterocycles. The Bertz CT molecular complexity index is 402. The summed E-state index contributed by atoms with van der Waals surface area (Å²) in [5.74, 6) is -1.57. The first-order chi connectivity index (χ1) is 9.11. The average molecular weight is 272 g/mol. The molecule has 1 aromatic rings. The van der Waals surface area contributed by atoms with Gasteiger partial charge in [0.2, 0.25) is 0 Å². The van der Waals surface area contributed by atoms with Crippen molar-refractivity contribution in [1.29, 1.82) is 0 Å². The molecule has 0 bridgehead atoms. The molecule has 0 radical (unpaired) electrons. The molecule has 1 aliphatic carbocycles. The molecule has 1 fully saturated rings. The predicted molar refractivity (Wildman–Crippen MR) is 68.2 cm³/mol. The number of benzene rings is 1. The second-order valence-electron chi connectivity index (χ2n) is 5.11. The Balaban J connectivity index is 2.15. The van der Waals surface area contributed by atoms with Gasteiger partial charge < -0.3 is 4.74 Å². The highest BCUT2D eigenvalue weighted by molar-refractivity contribution is 5.33. The van der Waals surface area contributed by atoms with Gasteiger partial charge in [-0.05, 0) is 55.7 Å². The lowest BCUT2D eigenvalue weighted by Crippen LogP contribution is -2.14. The summed E-state index contributed by atoms with van der Waals surface area (Å²) in [5.41, 5.74) is 0.616. The fourth-order valence-electron chi connectivity index (χ4n) is 2.54. The normalized spacial score (nSPS) is 23.4. The first-order valence-corrected chi connectivity index (χ1v) is 6.87. The zero-order valence-corrected chi connectivity index (χ0v) is 11.1. The highest BCUT2D eigenvalue weighted by atomic mass is 19.1. The van der Waals surface area contributed by atoms with Crippen LogP contribution in [0.1, 0.15) is 50.5 Å². The molecule has 0 atom stereocenters. The Kier molecular flexibility index (Phi) is 4.72. The number of halogens is 3. The van der Waals surface area contributed by atoms with E-state index in [0.29, 0.717) is 44.3 Å². The molecular weight excluding hydrogens is 253 g/mol. The van der Waals surface area contributed by atoms with Crippen LogP contribution < -0.4 is 4.74 Å². The highest BCUT2D eigenvalue weighted by Gasteiger charge is 2.24. The summed E-state index contributed by atoms with van der Waals surface area (Å²) < 4.78 is 45.8. The van der Waals surface area contributed by atoms with Crippen molar-refractivity contribution < 1.29 is 17.9 Å². The summed E-state index contributed by atoms with van der Waals surface area (Å²) in [5, 5.41) is 0. The first-order valence-electron chi connectivity index (χ1n) is 6.87. The van der Waals surface area contributed by atoms with Crippen LogP contribution in [0.3, 0.4) is 0 Å². The van der Waals surface area contributed by atoms with Crippen LogP contribution >= 0.6 is 0 Å². The van der Waals surface area contributed by atoms with E-state index in [-0.39, 0.29) is 11.7 Å². The van der Waals surface area contributed by atoms with Gasteiger partial charge in [0.25, 0.3) is 0 Å². The Morgan fingerprint density at radius 1 is 1.11 bits per heavy atom. The van der Waals surface area contributed by atoms with Crippen molar-refractivity contribution in [3.8, 4) is 5.75 Å². The zero-order valence-electron chi connectivity index (χ0n) is 11.1. The topological polar surface area (TPSA) is 9.23 Å². The van der Waals surface area contributed by atoms with E-state index in [9.17, 15) is 13.2 Å². The van der Waals surface area contributed by atoms with Crippen LogP contribution in [0.15, 0.2) is 12.1 Å². The Hall–Kier alpha value is -1.19. The van der Waals surface area contributed by atoms with E-state index in [1.54, 1.807) is 0 Å². The third-order valence-electron chi connectivity index (χ3n) is 3.60. The zero-order chi connectivity index (χ0) is 13.8. The number of alkyl halides is 1. The predicted octanol–water partition coefficient (Wildman–Crippen LogP) is 4.75. The molecule has 1 aromatic carbocycles. The molecule has 0 N–H and O–H groups in total. The van der Waals surface area contributed by atoms with Gasteiger partial charge in [0.1, 0.15) is 6.17 Å². The average Bonchev–Trinajstić information content (AvgIpc) is 2.38. The molecule has 0 aromatic heterocycles. The van der Waals surface area contributed by atoms with Crippen LogP contribution in [0.4, 0.5) is 13.2 Å². The summed E-state index contributed by atoms with van der Waals surface area (Å²) in [6.45, 7) is 2.17. The molecule has 0 unspecified atom stereocenters. The lowest BCUT2D eigenvalue weighted by molar-refractivity contribution is 0.234. The number of ether oxygens (including phenoxy) is 1. The highest BCUT2D eigenvalue weighted by Crippen LogP contribution is 2.36. The SMILES string of the molecule is CCCOc1c(F)cc(C2CCC(F)CC2)cc1F. The summed E-state index contributed by atoms with van der Waals surface area (Å²) in [4.78, 5) is 0. The van der Waals surface area contributed by atoms with Gasteiger partial charge in [0.15, 0.2) is 17.4 Å². The van der Waals surface area contributed by atoms with Crippen LogP contribution in [0.2, 0.25) is 0 Å². The van der Waals surface area contributed by atoms with Gasteiger partial charge in [-0.15, -0.1) is 0 Å². The maximum Gasteiger partial charge on any atom is 0.190 e. The summed E-state index contributed by atoms with van der Waals surface area (Å²) >= 11 is 0. The fraction of sp³-hybridized carbons (Fsp3) is 0.600. The van der Waals surface area contributed by atoms with Crippen molar-refractivity contribution in [2.75, 3.05) is 6.61 Å². The molecule has 0 saturated heterocycles. The van der Waals surface area contributed by atoms with E-state index < -0.39 is 17.8 Å². The van der Waals surface area contributed by atoms with Crippen molar-refractivity contribution in [1.82, 2.24) is 0 Å². The van der Waals surface area contributed by atoms with Gasteiger partial charge >= 0.3 is 0 Å². The lowest BCUT2D eigenvalue weighted by atomic mass is 9.83. The van der Waals surface area contributed by atoms with E-state index in [1.165, 1.54) is 12.1 Å². The Morgan fingerprint density at radius 3 is 2.21 bits per heavy atom. The largest absolute Gasteiger partial charge is 0.488 e. The monoisotopic (exact) mass is 272 g/mol. The van der Waals surface area contributed by atoms with Crippen LogP contribution in [0.5, 0.6) is 5.75 Å². The fourth-order valence-corrected chi connectivity index (χ4v) is 2.54. The molecule has 1 aliphatic rings. The van der Waals surface area contributed by atoms with Crippen LogP contribution in [-0.2, 0) is 0 Å². The van der Waals surface area contributed by atoms with Gasteiger partial charge in [-0.1, -0.05) is 6.92 Å². The number of hydrogen-bond acceptors (Lipinski definition) is 1. The minimum Gasteiger partial charge on any atom is -0.488 e. The van der Waals surface area contributed by atoms with E-state index in [4.69, 9.17) is 4.74 Å². The van der Waals surface area contributed by atoms with Gasteiger partial charge in [-0.25, -0.2) is 13.2 Å². The van der Waals surface area contributed by atoms with Gasteiger partial charge in [0, 0.05) is 0 Å². The molecule has 0 heterocycles. The second-order valence-corrected chi connectivity index (χ2v) is 5.11. The standard InChI is InChI=1S/C15H19F3O/c1-2-7-19-15-13(17)8-11(9-14(15)18)10-3-5-12(16)6-4-10/h8-10,12H,2-7H2,1H3. The van der Waals surface area contributed by atoms with E-state index in [1.807, 2.05) is 6.92 Å². The van der Waals surface area contributed by atoms with Crippen molar-refractivity contribution in [3.05, 3.63) is 29.3 Å². The lowest BCUT2D eigenvalue weighted by Gasteiger charge is -2.24. The van der Waals surface area contributed by atoms with E-state index in [2.05, 4.69) is 0 Å². The Morgan fingerprint density at radius 2 is 1.68 bits per heavy atom. The maximum absolute atomic E-state index is 13.8. The van der Waals surface area contributed by atoms with Crippen LogP contribution in [-0.4, -0.2) is 12.8 Å². The van der Waals surface area contributed by atoms with Crippen molar-refractivity contribution in [2.45, 2.75) is 51.1 Å². The Labute approximate surface area is 111 Å². The summed E-state index contributed by atoms with van der Waals surface area (Å²) in [7, 11) is 0. The van der Waals surface area contributed by atoms with Crippen molar-refractivity contribution in [3.63, 3.8) is 0 Å². The van der Waals surface area contributed by atoms with Crippen LogP contribution in [0, 0.1) is 11.6 Å². The van der Waals surface area contributed by atoms with Gasteiger partial charge in [-0.2, -0.15) is 0 Å². The third kappa shape index (κ3) is 3.43. The second kappa shape index (κ2) is 6.31. The molecule has 0 amide bonds. The first kappa shape index (κ1) is 14.2. The molecular formula is C15H19F3O. The quantitative estimate of drug-likeness (QED) is 0.768. The molecule has 1 nitrogen and oxygen atoms in total. The van der Waals surface area contributed by atoms with E-state index in [0.717, 1.165) is 0 Å². The molecule has 19 heavy (non-hydrogen) atoms. The van der Waals surface area contributed by atoms with Gasteiger partial charge in [0.05, 0.1) is 6.61 Å². The van der Waals surface area contributed by atoms with Crippen LogP contribution in [0.25, 0.3) is 0 Å².